The van der Waals surface area contributed by atoms with E-state index in [1.165, 1.54) is 43.9 Å². The van der Waals surface area contributed by atoms with Crippen LogP contribution in [-0.4, -0.2) is 41.3 Å². The Morgan fingerprint density at radius 2 is 1.95 bits per heavy atom. The average molecular weight is 286 g/mol. The van der Waals surface area contributed by atoms with Crippen LogP contribution in [0.4, 0.5) is 0 Å². The summed E-state index contributed by atoms with van der Waals surface area (Å²) in [6.07, 6.45) is 9.37. The van der Waals surface area contributed by atoms with Crippen molar-refractivity contribution < 1.29 is 9.59 Å². The van der Waals surface area contributed by atoms with Crippen molar-refractivity contribution in [1.29, 1.82) is 0 Å². The number of thioether (sulfide) groups is 1. The second-order valence-corrected chi connectivity index (χ2v) is 6.58. The highest BCUT2D eigenvalue weighted by atomic mass is 32.2. The molecular formula is C14H26N2O2S. The van der Waals surface area contributed by atoms with Crippen LogP contribution < -0.4 is 5.73 Å². The molecule has 0 unspecified atom stereocenters. The van der Waals surface area contributed by atoms with Gasteiger partial charge in [0.15, 0.2) is 0 Å². The number of nitrogens with two attached hydrogens (primary N) is 1. The van der Waals surface area contributed by atoms with Crippen molar-refractivity contribution in [3.05, 3.63) is 0 Å². The maximum absolute atomic E-state index is 12.2. The normalized spacial score (nSPS) is 18.0. The highest BCUT2D eigenvalue weighted by Gasteiger charge is 2.22. The van der Waals surface area contributed by atoms with E-state index in [0.29, 0.717) is 12.5 Å². The van der Waals surface area contributed by atoms with Crippen LogP contribution in [-0.2, 0) is 9.59 Å². The SMILES string of the molecule is CS[C@@H](C)C(=O)N(CCC1CCCCC1)CC(N)=O. The van der Waals surface area contributed by atoms with E-state index in [2.05, 4.69) is 0 Å². The number of hydrogen-bond acceptors (Lipinski definition) is 3. The number of primary amides is 1. The van der Waals surface area contributed by atoms with E-state index in [1.807, 2.05) is 13.2 Å². The van der Waals surface area contributed by atoms with E-state index >= 15 is 0 Å². The summed E-state index contributed by atoms with van der Waals surface area (Å²) in [5.74, 6) is 0.314. The lowest BCUT2D eigenvalue weighted by Crippen LogP contribution is -2.43. The van der Waals surface area contributed by atoms with E-state index in [4.69, 9.17) is 5.73 Å². The number of carbonyl (C=O) groups excluding carboxylic acids is 2. The molecule has 0 bridgehead atoms. The van der Waals surface area contributed by atoms with Gasteiger partial charge in [-0.1, -0.05) is 32.1 Å². The largest absolute Gasteiger partial charge is 0.368 e. The zero-order valence-electron chi connectivity index (χ0n) is 12.1. The summed E-state index contributed by atoms with van der Waals surface area (Å²) in [6, 6.07) is 0. The summed E-state index contributed by atoms with van der Waals surface area (Å²) in [5, 5.41) is -0.106. The van der Waals surface area contributed by atoms with Crippen LogP contribution in [0.5, 0.6) is 0 Å². The second-order valence-electron chi connectivity index (χ2n) is 5.40. The van der Waals surface area contributed by atoms with Crippen LogP contribution in [0.1, 0.15) is 45.4 Å². The van der Waals surface area contributed by atoms with Crippen LogP contribution in [0.15, 0.2) is 0 Å². The summed E-state index contributed by atoms with van der Waals surface area (Å²) < 4.78 is 0. The molecule has 0 aromatic heterocycles. The van der Waals surface area contributed by atoms with Crippen molar-refractivity contribution >= 4 is 23.6 Å². The Balaban J connectivity index is 2.48. The van der Waals surface area contributed by atoms with Crippen LogP contribution in [0.3, 0.4) is 0 Å². The minimum Gasteiger partial charge on any atom is -0.368 e. The van der Waals surface area contributed by atoms with Gasteiger partial charge in [-0.15, -0.1) is 0 Å². The molecule has 0 aromatic carbocycles. The van der Waals surface area contributed by atoms with Crippen LogP contribution in [0, 0.1) is 5.92 Å². The first-order chi connectivity index (χ1) is 9.04. The first-order valence-corrected chi connectivity index (χ1v) is 8.43. The summed E-state index contributed by atoms with van der Waals surface area (Å²) in [4.78, 5) is 24.9. The number of amides is 2. The van der Waals surface area contributed by atoms with Crippen molar-refractivity contribution in [2.24, 2.45) is 11.7 Å². The average Bonchev–Trinajstić information content (AvgIpc) is 2.42. The van der Waals surface area contributed by atoms with Gasteiger partial charge in [0, 0.05) is 6.54 Å². The minimum absolute atomic E-state index is 0.0297. The van der Waals surface area contributed by atoms with Gasteiger partial charge >= 0.3 is 0 Å². The molecule has 1 fully saturated rings. The third kappa shape index (κ3) is 5.85. The Hall–Kier alpha value is -0.710. The van der Waals surface area contributed by atoms with Gasteiger partial charge in [0.25, 0.3) is 0 Å². The predicted molar refractivity (Wildman–Crippen MR) is 79.9 cm³/mol. The van der Waals surface area contributed by atoms with Crippen LogP contribution in [0.25, 0.3) is 0 Å². The Kier molecular flexibility index (Phi) is 7.28. The fourth-order valence-electron chi connectivity index (χ4n) is 2.63. The molecule has 1 aliphatic rings. The molecular weight excluding hydrogens is 260 g/mol. The van der Waals surface area contributed by atoms with Gasteiger partial charge in [0.2, 0.25) is 11.8 Å². The summed E-state index contributed by atoms with van der Waals surface area (Å²) >= 11 is 1.51. The van der Waals surface area contributed by atoms with Gasteiger partial charge in [0.1, 0.15) is 0 Å². The van der Waals surface area contributed by atoms with E-state index in [0.717, 1.165) is 6.42 Å². The smallest absolute Gasteiger partial charge is 0.237 e. The van der Waals surface area contributed by atoms with E-state index in [-0.39, 0.29) is 17.7 Å². The molecule has 1 rings (SSSR count). The molecule has 110 valence electrons. The van der Waals surface area contributed by atoms with E-state index in [9.17, 15) is 9.59 Å². The molecule has 0 saturated heterocycles. The highest BCUT2D eigenvalue weighted by molar-refractivity contribution is 7.99. The topological polar surface area (TPSA) is 63.4 Å². The Bertz CT molecular complexity index is 304. The van der Waals surface area contributed by atoms with Gasteiger partial charge in [-0.05, 0) is 25.5 Å². The Morgan fingerprint density at radius 3 is 2.47 bits per heavy atom. The summed E-state index contributed by atoms with van der Waals surface area (Å²) in [6.45, 7) is 2.59. The zero-order valence-corrected chi connectivity index (χ0v) is 12.9. The Morgan fingerprint density at radius 1 is 1.32 bits per heavy atom. The predicted octanol–water partition coefficient (Wildman–Crippen LogP) is 2.02. The number of nitrogens with zero attached hydrogens (tertiary/aromatic N) is 1. The van der Waals surface area contributed by atoms with Crippen molar-refractivity contribution in [2.45, 2.75) is 50.7 Å². The molecule has 2 N–H and O–H groups in total. The van der Waals surface area contributed by atoms with Crippen molar-refractivity contribution in [2.75, 3.05) is 19.3 Å². The van der Waals surface area contributed by atoms with Crippen LogP contribution in [0.2, 0.25) is 0 Å². The first kappa shape index (κ1) is 16.3. The summed E-state index contributed by atoms with van der Waals surface area (Å²) in [7, 11) is 0. The standard InChI is InChI=1S/C14H26N2O2S/c1-11(19-2)14(18)16(10-13(15)17)9-8-12-6-4-3-5-7-12/h11-12H,3-10H2,1-2H3,(H2,15,17)/t11-/m0/s1. The van der Waals surface area contributed by atoms with Crippen molar-refractivity contribution in [3.8, 4) is 0 Å². The zero-order chi connectivity index (χ0) is 14.3. The molecule has 1 atom stereocenters. The number of hydrogen-bond donors (Lipinski definition) is 1. The molecule has 2 amide bonds. The maximum Gasteiger partial charge on any atom is 0.237 e. The molecule has 1 saturated carbocycles. The van der Waals surface area contributed by atoms with Gasteiger partial charge in [-0.3, -0.25) is 9.59 Å². The van der Waals surface area contributed by atoms with Gasteiger partial charge in [-0.2, -0.15) is 11.8 Å². The first-order valence-electron chi connectivity index (χ1n) is 7.14. The molecule has 0 aromatic rings. The second kappa shape index (κ2) is 8.46. The third-order valence-corrected chi connectivity index (χ3v) is 4.80. The molecule has 5 heteroatoms. The fraction of sp³-hybridized carbons (Fsp3) is 0.857. The minimum atomic E-state index is -0.426. The lowest BCUT2D eigenvalue weighted by molar-refractivity contribution is -0.134. The van der Waals surface area contributed by atoms with Crippen LogP contribution >= 0.6 is 11.8 Å². The third-order valence-electron chi connectivity index (χ3n) is 3.89. The monoisotopic (exact) mass is 286 g/mol. The molecule has 0 spiro atoms. The lowest BCUT2D eigenvalue weighted by atomic mass is 9.87. The van der Waals surface area contributed by atoms with Crippen molar-refractivity contribution in [1.82, 2.24) is 4.90 Å². The van der Waals surface area contributed by atoms with Gasteiger partial charge in [-0.25, -0.2) is 0 Å². The summed E-state index contributed by atoms with van der Waals surface area (Å²) in [5.41, 5.74) is 5.24. The lowest BCUT2D eigenvalue weighted by Gasteiger charge is -2.27. The Labute approximate surface area is 120 Å². The molecule has 19 heavy (non-hydrogen) atoms. The van der Waals surface area contributed by atoms with Gasteiger partial charge < -0.3 is 10.6 Å². The van der Waals surface area contributed by atoms with E-state index in [1.54, 1.807) is 4.90 Å². The molecule has 0 aliphatic heterocycles. The number of carbonyl (C=O) groups is 2. The highest BCUT2D eigenvalue weighted by Crippen LogP contribution is 2.26. The molecule has 4 nitrogen and oxygen atoms in total. The van der Waals surface area contributed by atoms with E-state index < -0.39 is 5.91 Å². The fourth-order valence-corrected chi connectivity index (χ4v) is 2.98. The quantitative estimate of drug-likeness (QED) is 0.779. The molecule has 1 aliphatic carbocycles. The number of rotatable bonds is 7. The maximum atomic E-state index is 12.2. The van der Waals surface area contributed by atoms with Crippen molar-refractivity contribution in [3.63, 3.8) is 0 Å². The molecule has 0 heterocycles. The molecule has 0 radical (unpaired) electrons. The van der Waals surface area contributed by atoms with Gasteiger partial charge in [0.05, 0.1) is 11.8 Å².